The summed E-state index contributed by atoms with van der Waals surface area (Å²) >= 11 is 0. The Morgan fingerprint density at radius 1 is 0.412 bits per heavy atom. The van der Waals surface area contributed by atoms with Crippen LogP contribution < -0.4 is 4.90 Å². The third-order valence-corrected chi connectivity index (χ3v) is 10.5. The van der Waals surface area contributed by atoms with Gasteiger partial charge in [-0.25, -0.2) is 15.0 Å². The number of furan rings is 1. The van der Waals surface area contributed by atoms with Gasteiger partial charge in [0, 0.05) is 55.1 Å². The molecule has 0 fully saturated rings. The second-order valence-corrected chi connectivity index (χ2v) is 13.2. The van der Waals surface area contributed by atoms with Crippen molar-refractivity contribution in [2.24, 2.45) is 0 Å². The summed E-state index contributed by atoms with van der Waals surface area (Å²) in [4.78, 5) is 17.4. The normalized spacial score (nSPS) is 12.7. The summed E-state index contributed by atoms with van der Waals surface area (Å²) in [5.74, 6) is 1.87. The Balaban J connectivity index is 1.07. The van der Waals surface area contributed by atoms with Crippen LogP contribution in [0.4, 0.5) is 17.1 Å². The van der Waals surface area contributed by atoms with Crippen LogP contribution in [0.15, 0.2) is 156 Å². The molecule has 7 aromatic carbocycles. The maximum atomic E-state index is 6.67. The van der Waals surface area contributed by atoms with E-state index in [1.165, 1.54) is 38.1 Å². The molecule has 51 heavy (non-hydrogen) atoms. The molecule has 11 aromatic rings. The van der Waals surface area contributed by atoms with Crippen molar-refractivity contribution in [3.05, 3.63) is 152 Å². The molecule has 0 amide bonds. The molecule has 236 valence electrons. The van der Waals surface area contributed by atoms with E-state index >= 15 is 0 Å². The summed E-state index contributed by atoms with van der Waals surface area (Å²) in [6.07, 6.45) is 0. The molecular formula is C45H25N5O. The van der Waals surface area contributed by atoms with Gasteiger partial charge in [-0.3, -0.25) is 0 Å². The number of anilines is 3. The third-order valence-electron chi connectivity index (χ3n) is 10.5. The molecule has 0 radical (unpaired) electrons. The van der Waals surface area contributed by atoms with Crippen LogP contribution in [0.2, 0.25) is 0 Å². The van der Waals surface area contributed by atoms with Crippen LogP contribution in [0.5, 0.6) is 0 Å². The average Bonchev–Trinajstić information content (AvgIpc) is 3.86. The Kier molecular flexibility index (Phi) is 5.14. The number of para-hydroxylation sites is 3. The van der Waals surface area contributed by atoms with E-state index in [2.05, 4.69) is 88.2 Å². The minimum atomic E-state index is 0.606. The molecule has 0 saturated heterocycles. The van der Waals surface area contributed by atoms with Crippen molar-refractivity contribution < 1.29 is 4.42 Å². The molecule has 12 rings (SSSR count). The van der Waals surface area contributed by atoms with Gasteiger partial charge in [0.25, 0.3) is 0 Å². The molecule has 0 atom stereocenters. The standard InChI is InChI=1S/C45H25N5O/c1-3-11-26(12-4-1)43-46-44(27-13-5-2-6-14-27)48-45(47-43)34-19-10-22-37-39(34)33-24-23-28(25-38(33)51-37)49-35-20-8-17-31-29-15-7-16-30-32-18-9-21-36(49)42(32)50(40(29)30)41(31)35/h1-25H. The van der Waals surface area contributed by atoms with Gasteiger partial charge < -0.3 is 13.7 Å². The molecule has 4 aromatic heterocycles. The summed E-state index contributed by atoms with van der Waals surface area (Å²) in [7, 11) is 0. The lowest BCUT2D eigenvalue weighted by Crippen LogP contribution is -2.14. The Bertz CT molecular complexity index is 3050. The molecule has 0 unspecified atom stereocenters. The minimum absolute atomic E-state index is 0.606. The number of nitrogens with zero attached hydrogens (tertiary/aromatic N) is 5. The van der Waals surface area contributed by atoms with E-state index in [4.69, 9.17) is 19.4 Å². The minimum Gasteiger partial charge on any atom is -0.456 e. The Morgan fingerprint density at radius 3 is 1.59 bits per heavy atom. The molecule has 1 aliphatic heterocycles. The van der Waals surface area contributed by atoms with Crippen molar-refractivity contribution in [3.63, 3.8) is 0 Å². The number of fused-ring (bicyclic) bond motifs is 5. The fourth-order valence-electron chi connectivity index (χ4n) is 8.36. The molecule has 0 N–H and O–H groups in total. The summed E-state index contributed by atoms with van der Waals surface area (Å²) in [6, 6.07) is 52.8. The van der Waals surface area contributed by atoms with Crippen LogP contribution in [-0.4, -0.2) is 19.4 Å². The van der Waals surface area contributed by atoms with Crippen LogP contribution in [0.25, 0.3) is 94.2 Å². The van der Waals surface area contributed by atoms with Crippen LogP contribution >= 0.6 is 0 Å². The molecule has 6 nitrogen and oxygen atoms in total. The lowest BCUT2D eigenvalue weighted by atomic mass is 10.0. The first-order chi connectivity index (χ1) is 25.3. The van der Waals surface area contributed by atoms with E-state index in [0.717, 1.165) is 55.7 Å². The Labute approximate surface area is 290 Å². The monoisotopic (exact) mass is 651 g/mol. The van der Waals surface area contributed by atoms with Gasteiger partial charge in [0.2, 0.25) is 0 Å². The average molecular weight is 652 g/mol. The smallest absolute Gasteiger partial charge is 0.164 e. The molecule has 0 bridgehead atoms. The van der Waals surface area contributed by atoms with E-state index in [9.17, 15) is 0 Å². The van der Waals surface area contributed by atoms with Crippen molar-refractivity contribution in [2.45, 2.75) is 0 Å². The van der Waals surface area contributed by atoms with Crippen LogP contribution in [-0.2, 0) is 0 Å². The first-order valence-corrected chi connectivity index (χ1v) is 17.1. The van der Waals surface area contributed by atoms with Gasteiger partial charge in [0.15, 0.2) is 17.5 Å². The molecule has 0 saturated carbocycles. The second kappa shape index (κ2) is 9.77. The van der Waals surface area contributed by atoms with Crippen LogP contribution in [0, 0.1) is 0 Å². The predicted octanol–water partition coefficient (Wildman–Crippen LogP) is 11.7. The highest BCUT2D eigenvalue weighted by atomic mass is 16.3. The molecule has 6 heteroatoms. The van der Waals surface area contributed by atoms with E-state index in [0.29, 0.717) is 17.5 Å². The number of benzene rings is 7. The van der Waals surface area contributed by atoms with Crippen molar-refractivity contribution >= 4 is 77.1 Å². The highest BCUT2D eigenvalue weighted by Crippen LogP contribution is 2.52. The highest BCUT2D eigenvalue weighted by molar-refractivity contribution is 6.29. The van der Waals surface area contributed by atoms with E-state index in [1.54, 1.807) is 0 Å². The van der Waals surface area contributed by atoms with Crippen molar-refractivity contribution in [3.8, 4) is 34.2 Å². The Morgan fingerprint density at radius 2 is 0.961 bits per heavy atom. The summed E-state index contributed by atoms with van der Waals surface area (Å²) in [5.41, 5.74) is 11.5. The highest BCUT2D eigenvalue weighted by Gasteiger charge is 2.30. The SMILES string of the molecule is c1ccc(-c2nc(-c3ccccc3)nc(-c3cccc4oc5cc(N6c7cccc8c9cccc%10c%11cccc6c%11n(c78)c9%10)ccc5c34)n2)cc1. The van der Waals surface area contributed by atoms with Gasteiger partial charge in [-0.05, 0) is 30.3 Å². The third kappa shape index (κ3) is 3.57. The largest absolute Gasteiger partial charge is 0.456 e. The van der Waals surface area contributed by atoms with Gasteiger partial charge in [0.05, 0.1) is 33.6 Å². The number of hydrogen-bond acceptors (Lipinski definition) is 5. The van der Waals surface area contributed by atoms with Crippen LogP contribution in [0.3, 0.4) is 0 Å². The number of hydrogen-bond donors (Lipinski definition) is 0. The summed E-state index contributed by atoms with van der Waals surface area (Å²) in [5, 5.41) is 7.11. The van der Waals surface area contributed by atoms with Gasteiger partial charge in [0.1, 0.15) is 11.2 Å². The lowest BCUT2D eigenvalue weighted by molar-refractivity contribution is 0.669. The van der Waals surface area contributed by atoms with E-state index < -0.39 is 0 Å². The lowest BCUT2D eigenvalue weighted by Gasteiger charge is -2.30. The topological polar surface area (TPSA) is 59.5 Å². The number of rotatable bonds is 4. The van der Waals surface area contributed by atoms with Crippen LogP contribution in [0.1, 0.15) is 0 Å². The zero-order valence-corrected chi connectivity index (χ0v) is 27.1. The van der Waals surface area contributed by atoms with E-state index in [-0.39, 0.29) is 0 Å². The maximum Gasteiger partial charge on any atom is 0.164 e. The first-order valence-electron chi connectivity index (χ1n) is 17.1. The zero-order valence-electron chi connectivity index (χ0n) is 27.1. The van der Waals surface area contributed by atoms with Gasteiger partial charge in [-0.15, -0.1) is 0 Å². The van der Waals surface area contributed by atoms with Crippen molar-refractivity contribution in [1.29, 1.82) is 0 Å². The quantitative estimate of drug-likeness (QED) is 0.189. The summed E-state index contributed by atoms with van der Waals surface area (Å²) < 4.78 is 9.14. The molecule has 1 aliphatic rings. The second-order valence-electron chi connectivity index (χ2n) is 13.2. The van der Waals surface area contributed by atoms with Crippen molar-refractivity contribution in [2.75, 3.05) is 4.90 Å². The molecule has 0 spiro atoms. The fraction of sp³-hybridized carbons (Fsp3) is 0. The summed E-state index contributed by atoms with van der Waals surface area (Å²) in [6.45, 7) is 0. The molecule has 5 heterocycles. The Hall–Kier alpha value is -7.05. The molecule has 0 aliphatic carbocycles. The van der Waals surface area contributed by atoms with Gasteiger partial charge >= 0.3 is 0 Å². The van der Waals surface area contributed by atoms with Gasteiger partial charge in [-0.1, -0.05) is 115 Å². The molecular weight excluding hydrogens is 627 g/mol. The fourth-order valence-corrected chi connectivity index (χ4v) is 8.36. The maximum absolute atomic E-state index is 6.67. The van der Waals surface area contributed by atoms with E-state index in [1.807, 2.05) is 72.8 Å². The predicted molar refractivity (Wildman–Crippen MR) is 206 cm³/mol. The first kappa shape index (κ1) is 26.9. The zero-order chi connectivity index (χ0) is 33.2. The van der Waals surface area contributed by atoms with Crippen molar-refractivity contribution in [1.82, 2.24) is 19.4 Å². The van der Waals surface area contributed by atoms with Gasteiger partial charge in [-0.2, -0.15) is 0 Å². The number of aromatic nitrogens is 4.